The van der Waals surface area contributed by atoms with Crippen LogP contribution in [0, 0.1) is 6.92 Å². The Balaban J connectivity index is 1.58. The molecular weight excluding hydrogens is 338 g/mol. The van der Waals surface area contributed by atoms with E-state index in [-0.39, 0.29) is 11.8 Å². The van der Waals surface area contributed by atoms with Gasteiger partial charge in [-0.1, -0.05) is 23.8 Å². The first-order valence-corrected chi connectivity index (χ1v) is 8.85. The van der Waals surface area contributed by atoms with Gasteiger partial charge >= 0.3 is 0 Å². The Morgan fingerprint density at radius 2 is 1.89 bits per heavy atom. The molecule has 2 heterocycles. The molecule has 0 saturated heterocycles. The molecule has 0 saturated carbocycles. The molecule has 1 aromatic heterocycles. The van der Waals surface area contributed by atoms with E-state index in [9.17, 15) is 9.59 Å². The molecule has 1 aliphatic rings. The van der Waals surface area contributed by atoms with E-state index in [1.165, 1.54) is 0 Å². The first kappa shape index (κ1) is 17.0. The van der Waals surface area contributed by atoms with Crippen LogP contribution in [0.25, 0.3) is 0 Å². The number of hydrogen-bond donors (Lipinski definition) is 1. The van der Waals surface area contributed by atoms with Gasteiger partial charge in [0.05, 0.1) is 5.56 Å². The molecule has 134 valence electrons. The SMILES string of the molecule is Cc1cccc(C(=O)Nc2ccc3c(c2)N(C(=O)c2cccnc2)CC3)c1. The lowest BCUT2D eigenvalue weighted by Gasteiger charge is -2.18. The summed E-state index contributed by atoms with van der Waals surface area (Å²) in [5, 5.41) is 2.93. The summed E-state index contributed by atoms with van der Waals surface area (Å²) in [7, 11) is 0. The molecule has 5 nitrogen and oxygen atoms in total. The molecule has 0 spiro atoms. The maximum Gasteiger partial charge on any atom is 0.259 e. The number of hydrogen-bond acceptors (Lipinski definition) is 3. The Morgan fingerprint density at radius 1 is 1.04 bits per heavy atom. The number of pyridine rings is 1. The van der Waals surface area contributed by atoms with Crippen molar-refractivity contribution in [2.24, 2.45) is 0 Å². The molecule has 2 aromatic carbocycles. The van der Waals surface area contributed by atoms with Crippen LogP contribution in [-0.2, 0) is 6.42 Å². The van der Waals surface area contributed by atoms with E-state index in [2.05, 4.69) is 10.3 Å². The monoisotopic (exact) mass is 357 g/mol. The van der Waals surface area contributed by atoms with E-state index in [4.69, 9.17) is 0 Å². The van der Waals surface area contributed by atoms with Crippen molar-refractivity contribution >= 4 is 23.2 Å². The molecule has 0 bridgehead atoms. The topological polar surface area (TPSA) is 62.3 Å². The number of aryl methyl sites for hydroxylation is 1. The molecule has 0 atom stereocenters. The minimum atomic E-state index is -0.165. The molecule has 4 rings (SSSR count). The van der Waals surface area contributed by atoms with Gasteiger partial charge in [-0.05, 0) is 55.3 Å². The second-order valence-electron chi connectivity index (χ2n) is 6.62. The summed E-state index contributed by atoms with van der Waals surface area (Å²) in [5.74, 6) is -0.245. The van der Waals surface area contributed by atoms with Gasteiger partial charge < -0.3 is 10.2 Å². The highest BCUT2D eigenvalue weighted by Crippen LogP contribution is 2.32. The Morgan fingerprint density at radius 3 is 2.67 bits per heavy atom. The van der Waals surface area contributed by atoms with Crippen LogP contribution in [0.15, 0.2) is 67.0 Å². The third kappa shape index (κ3) is 3.44. The third-order valence-corrected chi connectivity index (χ3v) is 4.67. The smallest absolute Gasteiger partial charge is 0.259 e. The maximum atomic E-state index is 12.8. The van der Waals surface area contributed by atoms with Gasteiger partial charge in [0.2, 0.25) is 0 Å². The number of carbonyl (C=O) groups is 2. The number of benzene rings is 2. The zero-order valence-corrected chi connectivity index (χ0v) is 15.0. The van der Waals surface area contributed by atoms with Gasteiger partial charge in [0.1, 0.15) is 0 Å². The van der Waals surface area contributed by atoms with Crippen LogP contribution in [0.3, 0.4) is 0 Å². The molecule has 1 N–H and O–H groups in total. The predicted octanol–water partition coefficient (Wildman–Crippen LogP) is 3.85. The van der Waals surface area contributed by atoms with Crippen molar-refractivity contribution in [3.8, 4) is 0 Å². The summed E-state index contributed by atoms with van der Waals surface area (Å²) >= 11 is 0. The molecule has 0 aliphatic carbocycles. The second-order valence-corrected chi connectivity index (χ2v) is 6.62. The molecule has 5 heteroatoms. The van der Waals surface area contributed by atoms with E-state index in [1.807, 2.05) is 43.3 Å². The predicted molar refractivity (Wildman–Crippen MR) is 105 cm³/mol. The first-order valence-electron chi connectivity index (χ1n) is 8.85. The van der Waals surface area contributed by atoms with E-state index in [0.29, 0.717) is 23.4 Å². The summed E-state index contributed by atoms with van der Waals surface area (Å²) in [4.78, 5) is 31.1. The van der Waals surface area contributed by atoms with Crippen LogP contribution >= 0.6 is 0 Å². The fraction of sp³-hybridized carbons (Fsp3) is 0.136. The second kappa shape index (κ2) is 7.03. The summed E-state index contributed by atoms with van der Waals surface area (Å²) in [6, 6.07) is 16.7. The Kier molecular flexibility index (Phi) is 4.42. The highest BCUT2D eigenvalue weighted by molar-refractivity contribution is 6.08. The van der Waals surface area contributed by atoms with Gasteiger partial charge in [-0.3, -0.25) is 14.6 Å². The Labute approximate surface area is 157 Å². The molecule has 3 aromatic rings. The molecule has 2 amide bonds. The van der Waals surface area contributed by atoms with Crippen molar-refractivity contribution in [2.75, 3.05) is 16.8 Å². The largest absolute Gasteiger partial charge is 0.322 e. The molecule has 0 fully saturated rings. The Hall–Kier alpha value is -3.47. The lowest BCUT2D eigenvalue weighted by molar-refractivity contribution is 0.0987. The maximum absolute atomic E-state index is 12.8. The fourth-order valence-electron chi connectivity index (χ4n) is 3.30. The highest BCUT2D eigenvalue weighted by atomic mass is 16.2. The van der Waals surface area contributed by atoms with E-state index in [1.54, 1.807) is 35.5 Å². The van der Waals surface area contributed by atoms with Crippen molar-refractivity contribution in [1.29, 1.82) is 0 Å². The van der Waals surface area contributed by atoms with E-state index in [0.717, 1.165) is 23.2 Å². The molecule has 0 radical (unpaired) electrons. The average Bonchev–Trinajstić information content (AvgIpc) is 3.11. The quantitative estimate of drug-likeness (QED) is 0.774. The minimum absolute atomic E-state index is 0.0796. The number of carbonyl (C=O) groups excluding carboxylic acids is 2. The van der Waals surface area contributed by atoms with Crippen LogP contribution in [0.1, 0.15) is 31.8 Å². The molecule has 27 heavy (non-hydrogen) atoms. The highest BCUT2D eigenvalue weighted by Gasteiger charge is 2.26. The van der Waals surface area contributed by atoms with E-state index < -0.39 is 0 Å². The van der Waals surface area contributed by atoms with Gasteiger partial charge in [0, 0.05) is 35.9 Å². The summed E-state index contributed by atoms with van der Waals surface area (Å²) in [5.41, 5.74) is 4.81. The standard InChI is InChI=1S/C22H19N3O2/c1-15-4-2-5-17(12-15)21(26)24-19-8-7-16-9-11-25(20(16)13-19)22(27)18-6-3-10-23-14-18/h2-8,10,12-14H,9,11H2,1H3,(H,24,26). The van der Waals surface area contributed by atoms with Crippen LogP contribution in [0.2, 0.25) is 0 Å². The van der Waals surface area contributed by atoms with Crippen molar-refractivity contribution in [1.82, 2.24) is 4.98 Å². The Bertz CT molecular complexity index is 1020. The molecular formula is C22H19N3O2. The zero-order chi connectivity index (χ0) is 18.8. The normalized spacial score (nSPS) is 12.6. The van der Waals surface area contributed by atoms with E-state index >= 15 is 0 Å². The lowest BCUT2D eigenvalue weighted by atomic mass is 10.1. The number of fused-ring (bicyclic) bond motifs is 1. The van der Waals surface area contributed by atoms with Crippen molar-refractivity contribution in [3.05, 3.63) is 89.2 Å². The molecule has 0 unspecified atom stereocenters. The summed E-state index contributed by atoms with van der Waals surface area (Å²) < 4.78 is 0. The number of amides is 2. The van der Waals surface area contributed by atoms with Gasteiger partial charge in [0.25, 0.3) is 11.8 Å². The lowest BCUT2D eigenvalue weighted by Crippen LogP contribution is -2.29. The van der Waals surface area contributed by atoms with Gasteiger partial charge in [-0.15, -0.1) is 0 Å². The third-order valence-electron chi connectivity index (χ3n) is 4.67. The van der Waals surface area contributed by atoms with Crippen molar-refractivity contribution in [2.45, 2.75) is 13.3 Å². The first-order chi connectivity index (χ1) is 13.1. The number of nitrogens with zero attached hydrogens (tertiary/aromatic N) is 2. The van der Waals surface area contributed by atoms with Gasteiger partial charge in [0.15, 0.2) is 0 Å². The van der Waals surface area contributed by atoms with Gasteiger partial charge in [-0.25, -0.2) is 0 Å². The van der Waals surface area contributed by atoms with Crippen LogP contribution in [0.5, 0.6) is 0 Å². The van der Waals surface area contributed by atoms with Crippen LogP contribution in [-0.4, -0.2) is 23.3 Å². The van der Waals surface area contributed by atoms with Crippen molar-refractivity contribution < 1.29 is 9.59 Å². The summed E-state index contributed by atoms with van der Waals surface area (Å²) in [6.07, 6.45) is 4.02. The number of rotatable bonds is 3. The summed E-state index contributed by atoms with van der Waals surface area (Å²) in [6.45, 7) is 2.58. The van der Waals surface area contributed by atoms with Crippen molar-refractivity contribution in [3.63, 3.8) is 0 Å². The number of aromatic nitrogens is 1. The fourth-order valence-corrected chi connectivity index (χ4v) is 3.30. The van der Waals surface area contributed by atoms with Crippen LogP contribution < -0.4 is 10.2 Å². The molecule has 1 aliphatic heterocycles. The number of nitrogens with one attached hydrogen (secondary N) is 1. The minimum Gasteiger partial charge on any atom is -0.322 e. The number of anilines is 2. The van der Waals surface area contributed by atoms with Crippen LogP contribution in [0.4, 0.5) is 11.4 Å². The zero-order valence-electron chi connectivity index (χ0n) is 15.0. The van der Waals surface area contributed by atoms with Gasteiger partial charge in [-0.2, -0.15) is 0 Å². The average molecular weight is 357 g/mol.